The van der Waals surface area contributed by atoms with Crippen molar-refractivity contribution in [3.8, 4) is 0 Å². The summed E-state index contributed by atoms with van der Waals surface area (Å²) in [5, 5.41) is 3.33. The normalized spacial score (nSPS) is 19.4. The van der Waals surface area contributed by atoms with Gasteiger partial charge in [0.15, 0.2) is 0 Å². The monoisotopic (exact) mass is 358 g/mol. The molecule has 1 fully saturated rings. The Hall–Kier alpha value is -1.07. The number of amides is 2. The van der Waals surface area contributed by atoms with Crippen molar-refractivity contribution in [2.45, 2.75) is 26.3 Å². The Kier molecular flexibility index (Phi) is 4.70. The van der Waals surface area contributed by atoms with Gasteiger partial charge < -0.3 is 10.2 Å². The topological polar surface area (TPSA) is 49.4 Å². The zero-order valence-corrected chi connectivity index (χ0v) is 13.7. The van der Waals surface area contributed by atoms with E-state index in [0.717, 1.165) is 0 Å². The molecule has 20 heavy (non-hydrogen) atoms. The van der Waals surface area contributed by atoms with E-state index in [4.69, 9.17) is 11.6 Å². The van der Waals surface area contributed by atoms with E-state index < -0.39 is 6.04 Å². The fourth-order valence-electron chi connectivity index (χ4n) is 2.21. The molecule has 6 heteroatoms. The molecule has 2 amide bonds. The van der Waals surface area contributed by atoms with Crippen LogP contribution in [-0.2, 0) is 9.59 Å². The highest BCUT2D eigenvalue weighted by molar-refractivity contribution is 9.10. The summed E-state index contributed by atoms with van der Waals surface area (Å²) in [5.41, 5.74) is 0.676. The lowest BCUT2D eigenvalue weighted by Gasteiger charge is -2.33. The number of piperazine rings is 1. The standard InChI is InChI=1S/C14H16BrClN2O2/c1-8(2)5-12-14(20)18(7-13(19)17-12)9-3-4-11(16)10(15)6-9/h3-4,6,8,12H,5,7H2,1-2H3,(H,17,19). The first-order chi connectivity index (χ1) is 9.38. The summed E-state index contributed by atoms with van der Waals surface area (Å²) < 4.78 is 0.704. The molecule has 1 atom stereocenters. The Bertz CT molecular complexity index is 548. The van der Waals surface area contributed by atoms with E-state index in [1.165, 1.54) is 4.90 Å². The summed E-state index contributed by atoms with van der Waals surface area (Å²) >= 11 is 9.29. The van der Waals surface area contributed by atoms with Crippen LogP contribution in [0.1, 0.15) is 20.3 Å². The fraction of sp³-hybridized carbons (Fsp3) is 0.429. The van der Waals surface area contributed by atoms with Crippen molar-refractivity contribution in [2.24, 2.45) is 5.92 Å². The van der Waals surface area contributed by atoms with E-state index in [-0.39, 0.29) is 18.4 Å². The van der Waals surface area contributed by atoms with E-state index in [1.807, 2.05) is 13.8 Å². The minimum atomic E-state index is -0.453. The Morgan fingerprint density at radius 3 is 2.75 bits per heavy atom. The van der Waals surface area contributed by atoms with Gasteiger partial charge in [0.2, 0.25) is 11.8 Å². The minimum Gasteiger partial charge on any atom is -0.343 e. The fourth-order valence-corrected chi connectivity index (χ4v) is 2.70. The van der Waals surface area contributed by atoms with Crippen LogP contribution in [0.2, 0.25) is 5.02 Å². The highest BCUT2D eigenvalue weighted by atomic mass is 79.9. The lowest BCUT2D eigenvalue weighted by atomic mass is 10.0. The number of nitrogens with one attached hydrogen (secondary N) is 1. The molecule has 108 valence electrons. The molecular weight excluding hydrogens is 344 g/mol. The van der Waals surface area contributed by atoms with Crippen molar-refractivity contribution in [3.05, 3.63) is 27.7 Å². The first-order valence-corrected chi connectivity index (χ1v) is 7.61. The van der Waals surface area contributed by atoms with E-state index in [2.05, 4.69) is 21.2 Å². The third-order valence-electron chi connectivity index (χ3n) is 3.12. The van der Waals surface area contributed by atoms with Gasteiger partial charge in [0.1, 0.15) is 12.6 Å². The van der Waals surface area contributed by atoms with Gasteiger partial charge in [-0.1, -0.05) is 25.4 Å². The lowest BCUT2D eigenvalue weighted by Crippen LogP contribution is -2.58. The molecule has 1 saturated heterocycles. The van der Waals surface area contributed by atoms with Gasteiger partial charge >= 0.3 is 0 Å². The second-order valence-corrected chi connectivity index (χ2v) is 6.53. The summed E-state index contributed by atoms with van der Waals surface area (Å²) in [7, 11) is 0. The Balaban J connectivity index is 2.27. The van der Waals surface area contributed by atoms with Crippen molar-refractivity contribution in [1.29, 1.82) is 0 Å². The van der Waals surface area contributed by atoms with Crippen LogP contribution in [0.4, 0.5) is 5.69 Å². The lowest BCUT2D eigenvalue weighted by molar-refractivity contribution is -0.131. The zero-order chi connectivity index (χ0) is 14.9. The number of anilines is 1. The molecule has 2 rings (SSSR count). The number of hydrogen-bond donors (Lipinski definition) is 1. The second kappa shape index (κ2) is 6.14. The first-order valence-electron chi connectivity index (χ1n) is 6.44. The van der Waals surface area contributed by atoms with Gasteiger partial charge in [0.05, 0.1) is 5.02 Å². The van der Waals surface area contributed by atoms with Crippen LogP contribution in [0.5, 0.6) is 0 Å². The SMILES string of the molecule is CC(C)CC1NC(=O)CN(c2ccc(Cl)c(Br)c2)C1=O. The van der Waals surface area contributed by atoms with E-state index in [0.29, 0.717) is 27.5 Å². The second-order valence-electron chi connectivity index (χ2n) is 5.27. The van der Waals surface area contributed by atoms with Gasteiger partial charge in [0.25, 0.3) is 0 Å². The van der Waals surface area contributed by atoms with Gasteiger partial charge in [-0.25, -0.2) is 0 Å². The summed E-state index contributed by atoms with van der Waals surface area (Å²) in [6.45, 7) is 4.09. The van der Waals surface area contributed by atoms with Crippen LogP contribution in [0.3, 0.4) is 0 Å². The molecule has 0 radical (unpaired) electrons. The maximum Gasteiger partial charge on any atom is 0.250 e. The molecule has 4 nitrogen and oxygen atoms in total. The molecule has 0 aliphatic carbocycles. The number of carbonyl (C=O) groups is 2. The summed E-state index contributed by atoms with van der Waals surface area (Å²) in [6, 6.07) is 4.75. The number of halogens is 2. The van der Waals surface area contributed by atoms with Crippen LogP contribution in [0.15, 0.2) is 22.7 Å². The van der Waals surface area contributed by atoms with Crippen molar-refractivity contribution >= 4 is 45.0 Å². The molecule has 1 aliphatic heterocycles. The number of carbonyl (C=O) groups excluding carboxylic acids is 2. The van der Waals surface area contributed by atoms with Gasteiger partial charge in [0, 0.05) is 10.2 Å². The molecular formula is C14H16BrClN2O2. The van der Waals surface area contributed by atoms with Gasteiger partial charge in [-0.3, -0.25) is 9.59 Å². The molecule has 1 N–H and O–H groups in total. The van der Waals surface area contributed by atoms with Crippen molar-refractivity contribution in [2.75, 3.05) is 11.4 Å². The van der Waals surface area contributed by atoms with Gasteiger partial charge in [-0.15, -0.1) is 0 Å². The molecule has 1 heterocycles. The molecule has 0 spiro atoms. The molecule has 0 bridgehead atoms. The highest BCUT2D eigenvalue weighted by Crippen LogP contribution is 2.29. The van der Waals surface area contributed by atoms with E-state index in [9.17, 15) is 9.59 Å². The van der Waals surface area contributed by atoms with Gasteiger partial charge in [-0.05, 0) is 46.5 Å². The third kappa shape index (κ3) is 3.33. The van der Waals surface area contributed by atoms with Crippen molar-refractivity contribution < 1.29 is 9.59 Å². The van der Waals surface area contributed by atoms with E-state index in [1.54, 1.807) is 18.2 Å². The molecule has 0 aromatic heterocycles. The Morgan fingerprint density at radius 1 is 1.45 bits per heavy atom. The van der Waals surface area contributed by atoms with Crippen molar-refractivity contribution in [1.82, 2.24) is 5.32 Å². The predicted molar refractivity (Wildman–Crippen MR) is 82.9 cm³/mol. The molecule has 1 unspecified atom stereocenters. The summed E-state index contributed by atoms with van der Waals surface area (Å²) in [4.78, 5) is 25.8. The average Bonchev–Trinajstić information content (AvgIpc) is 2.36. The van der Waals surface area contributed by atoms with Gasteiger partial charge in [-0.2, -0.15) is 0 Å². The number of nitrogens with zero attached hydrogens (tertiary/aromatic N) is 1. The Morgan fingerprint density at radius 2 is 2.15 bits per heavy atom. The zero-order valence-electron chi connectivity index (χ0n) is 11.3. The quantitative estimate of drug-likeness (QED) is 0.902. The van der Waals surface area contributed by atoms with Crippen LogP contribution >= 0.6 is 27.5 Å². The average molecular weight is 360 g/mol. The summed E-state index contributed by atoms with van der Waals surface area (Å²) in [5.74, 6) is 0.120. The number of hydrogen-bond acceptors (Lipinski definition) is 2. The van der Waals surface area contributed by atoms with Crippen LogP contribution in [0, 0.1) is 5.92 Å². The minimum absolute atomic E-state index is 0.0432. The highest BCUT2D eigenvalue weighted by Gasteiger charge is 2.33. The smallest absolute Gasteiger partial charge is 0.250 e. The Labute approximate surface area is 131 Å². The molecule has 1 aliphatic rings. The number of benzene rings is 1. The third-order valence-corrected chi connectivity index (χ3v) is 4.34. The molecule has 1 aromatic rings. The first kappa shape index (κ1) is 15.3. The predicted octanol–water partition coefficient (Wildman–Crippen LogP) is 2.98. The van der Waals surface area contributed by atoms with E-state index >= 15 is 0 Å². The largest absolute Gasteiger partial charge is 0.343 e. The maximum atomic E-state index is 12.5. The summed E-state index contributed by atoms with van der Waals surface area (Å²) in [6.07, 6.45) is 0.635. The van der Waals surface area contributed by atoms with Crippen molar-refractivity contribution in [3.63, 3.8) is 0 Å². The maximum absolute atomic E-state index is 12.5. The van der Waals surface area contributed by atoms with Crippen LogP contribution < -0.4 is 10.2 Å². The van der Waals surface area contributed by atoms with Crippen LogP contribution in [-0.4, -0.2) is 24.4 Å². The van der Waals surface area contributed by atoms with Crippen LogP contribution in [0.25, 0.3) is 0 Å². The molecule has 1 aromatic carbocycles. The molecule has 0 saturated carbocycles. The number of rotatable bonds is 3.